The van der Waals surface area contributed by atoms with Crippen LogP contribution in [-0.2, 0) is 13.0 Å². The molecule has 7 nitrogen and oxygen atoms in total. The molecule has 28 heavy (non-hydrogen) atoms. The number of hydrogen-bond acceptors (Lipinski definition) is 4. The predicted octanol–water partition coefficient (Wildman–Crippen LogP) is 3.35. The molecule has 2 amide bonds. The van der Waals surface area contributed by atoms with Crippen LogP contribution in [0.3, 0.4) is 0 Å². The molecular formula is C21H28N4O3. The zero-order valence-electron chi connectivity index (χ0n) is 16.8. The SMILES string of the molecule is CCCCN(C)C(=O)c1nc(C(=O)Nc2ccccc2OC)c2n1CCCC2. The van der Waals surface area contributed by atoms with Crippen LogP contribution in [0.1, 0.15) is 59.4 Å². The number of rotatable bonds is 7. The molecule has 1 aromatic carbocycles. The largest absolute Gasteiger partial charge is 0.495 e. The molecular weight excluding hydrogens is 356 g/mol. The number of carbonyl (C=O) groups is 2. The summed E-state index contributed by atoms with van der Waals surface area (Å²) in [5.74, 6) is 0.497. The normalized spacial score (nSPS) is 13.0. The number of methoxy groups -OCH3 is 1. The first-order valence-corrected chi connectivity index (χ1v) is 9.86. The highest BCUT2D eigenvalue weighted by atomic mass is 16.5. The van der Waals surface area contributed by atoms with Crippen LogP contribution in [0.25, 0.3) is 0 Å². The zero-order chi connectivity index (χ0) is 20.1. The molecule has 7 heteroatoms. The van der Waals surface area contributed by atoms with Crippen molar-refractivity contribution in [3.05, 3.63) is 41.5 Å². The van der Waals surface area contributed by atoms with Gasteiger partial charge in [0.1, 0.15) is 5.75 Å². The lowest BCUT2D eigenvalue weighted by Crippen LogP contribution is -2.31. The average Bonchev–Trinajstić information content (AvgIpc) is 3.11. The first-order valence-electron chi connectivity index (χ1n) is 9.86. The number of unbranched alkanes of at least 4 members (excludes halogenated alkanes) is 1. The number of anilines is 1. The van der Waals surface area contributed by atoms with Crippen LogP contribution in [0.2, 0.25) is 0 Å². The molecule has 1 aromatic heterocycles. The predicted molar refractivity (Wildman–Crippen MR) is 108 cm³/mol. The summed E-state index contributed by atoms with van der Waals surface area (Å²) in [4.78, 5) is 32.1. The van der Waals surface area contributed by atoms with Gasteiger partial charge in [0, 0.05) is 20.1 Å². The second-order valence-electron chi connectivity index (χ2n) is 7.07. The minimum Gasteiger partial charge on any atom is -0.495 e. The van der Waals surface area contributed by atoms with Crippen LogP contribution in [0.5, 0.6) is 5.75 Å². The summed E-state index contributed by atoms with van der Waals surface area (Å²) in [6.07, 6.45) is 4.67. The zero-order valence-corrected chi connectivity index (χ0v) is 16.8. The Kier molecular flexibility index (Phi) is 6.34. The van der Waals surface area contributed by atoms with Crippen LogP contribution in [0.15, 0.2) is 24.3 Å². The first kappa shape index (κ1) is 19.9. The molecule has 0 bridgehead atoms. The third kappa shape index (κ3) is 4.03. The molecule has 2 aromatic rings. The van der Waals surface area contributed by atoms with Crippen molar-refractivity contribution < 1.29 is 14.3 Å². The molecule has 2 heterocycles. The van der Waals surface area contributed by atoms with Gasteiger partial charge in [0.2, 0.25) is 0 Å². The molecule has 0 saturated heterocycles. The van der Waals surface area contributed by atoms with Crippen LogP contribution >= 0.6 is 0 Å². The molecule has 1 N–H and O–H groups in total. The molecule has 1 aliphatic rings. The summed E-state index contributed by atoms with van der Waals surface area (Å²) in [5, 5.41) is 2.88. The number of ether oxygens (including phenoxy) is 1. The van der Waals surface area contributed by atoms with Crippen molar-refractivity contribution in [2.45, 2.75) is 45.6 Å². The second-order valence-corrected chi connectivity index (χ2v) is 7.07. The van der Waals surface area contributed by atoms with Crippen molar-refractivity contribution in [2.24, 2.45) is 0 Å². The fourth-order valence-corrected chi connectivity index (χ4v) is 3.49. The van der Waals surface area contributed by atoms with Crippen LogP contribution in [0, 0.1) is 0 Å². The Morgan fingerprint density at radius 2 is 2.07 bits per heavy atom. The molecule has 0 saturated carbocycles. The fraction of sp³-hybridized carbons (Fsp3) is 0.476. The van der Waals surface area contributed by atoms with Gasteiger partial charge < -0.3 is 19.5 Å². The van der Waals surface area contributed by atoms with E-state index in [4.69, 9.17) is 4.74 Å². The number of hydrogen-bond donors (Lipinski definition) is 1. The average molecular weight is 384 g/mol. The van der Waals surface area contributed by atoms with E-state index in [1.807, 2.05) is 16.7 Å². The summed E-state index contributed by atoms with van der Waals surface area (Å²) in [6.45, 7) is 3.49. The first-order chi connectivity index (χ1) is 13.6. The maximum Gasteiger partial charge on any atom is 0.289 e. The number of para-hydroxylation sites is 2. The number of carbonyl (C=O) groups excluding carboxylic acids is 2. The van der Waals surface area contributed by atoms with Gasteiger partial charge in [-0.3, -0.25) is 9.59 Å². The van der Waals surface area contributed by atoms with Gasteiger partial charge in [-0.15, -0.1) is 0 Å². The highest BCUT2D eigenvalue weighted by Gasteiger charge is 2.29. The standard InChI is InChI=1S/C21H28N4O3/c1-4-5-13-24(2)21(27)19-23-18(16-11-8-9-14-25(16)19)20(26)22-15-10-6-7-12-17(15)28-3/h6-7,10,12H,4-5,8-9,11,13-14H2,1-3H3,(H,22,26). The van der Waals surface area contributed by atoms with Gasteiger partial charge in [-0.1, -0.05) is 25.5 Å². The van der Waals surface area contributed by atoms with Gasteiger partial charge in [0.05, 0.1) is 18.5 Å². The van der Waals surface area contributed by atoms with E-state index < -0.39 is 0 Å². The van der Waals surface area contributed by atoms with E-state index in [1.54, 1.807) is 31.2 Å². The number of benzene rings is 1. The Hall–Kier alpha value is -2.83. The maximum absolute atomic E-state index is 13.0. The van der Waals surface area contributed by atoms with E-state index in [0.29, 0.717) is 36.0 Å². The maximum atomic E-state index is 13.0. The highest BCUT2D eigenvalue weighted by Crippen LogP contribution is 2.26. The molecule has 0 aliphatic carbocycles. The lowest BCUT2D eigenvalue weighted by atomic mass is 10.1. The van der Waals surface area contributed by atoms with Crippen molar-refractivity contribution in [3.8, 4) is 5.75 Å². The van der Waals surface area contributed by atoms with Gasteiger partial charge in [-0.25, -0.2) is 4.98 Å². The number of imidazole rings is 1. The number of nitrogens with zero attached hydrogens (tertiary/aromatic N) is 3. The van der Waals surface area contributed by atoms with E-state index in [-0.39, 0.29) is 11.8 Å². The van der Waals surface area contributed by atoms with Crippen LogP contribution < -0.4 is 10.1 Å². The number of amides is 2. The summed E-state index contributed by atoms with van der Waals surface area (Å²) < 4.78 is 7.23. The van der Waals surface area contributed by atoms with Crippen LogP contribution in [0.4, 0.5) is 5.69 Å². The summed E-state index contributed by atoms with van der Waals surface area (Å²) in [7, 11) is 3.35. The Morgan fingerprint density at radius 1 is 1.29 bits per heavy atom. The van der Waals surface area contributed by atoms with Gasteiger partial charge in [0.25, 0.3) is 11.8 Å². The minimum atomic E-state index is -0.314. The second kappa shape index (κ2) is 8.91. The van der Waals surface area contributed by atoms with E-state index in [2.05, 4.69) is 17.2 Å². The summed E-state index contributed by atoms with van der Waals surface area (Å²) in [6, 6.07) is 7.24. The van der Waals surface area contributed by atoms with Crippen molar-refractivity contribution in [1.29, 1.82) is 0 Å². The van der Waals surface area contributed by atoms with Gasteiger partial charge >= 0.3 is 0 Å². The monoisotopic (exact) mass is 384 g/mol. The Labute approximate surface area is 165 Å². The number of fused-ring (bicyclic) bond motifs is 1. The third-order valence-electron chi connectivity index (χ3n) is 5.07. The molecule has 0 radical (unpaired) electrons. The molecule has 3 rings (SSSR count). The molecule has 1 aliphatic heterocycles. The van der Waals surface area contributed by atoms with Gasteiger partial charge in [-0.05, 0) is 37.8 Å². The highest BCUT2D eigenvalue weighted by molar-refractivity contribution is 6.05. The molecule has 0 spiro atoms. The Bertz CT molecular complexity index is 859. The van der Waals surface area contributed by atoms with Crippen molar-refractivity contribution in [3.63, 3.8) is 0 Å². The van der Waals surface area contributed by atoms with E-state index in [1.165, 1.54) is 0 Å². The van der Waals surface area contributed by atoms with E-state index in [9.17, 15) is 9.59 Å². The van der Waals surface area contributed by atoms with Gasteiger partial charge in [-0.2, -0.15) is 0 Å². The van der Waals surface area contributed by atoms with E-state index >= 15 is 0 Å². The molecule has 0 fully saturated rings. The van der Waals surface area contributed by atoms with Crippen molar-refractivity contribution in [2.75, 3.05) is 26.0 Å². The Balaban J connectivity index is 1.90. The third-order valence-corrected chi connectivity index (χ3v) is 5.07. The molecule has 150 valence electrons. The fourth-order valence-electron chi connectivity index (χ4n) is 3.49. The lowest BCUT2D eigenvalue weighted by Gasteiger charge is -2.20. The molecule has 0 unspecified atom stereocenters. The number of nitrogens with one attached hydrogen (secondary N) is 1. The number of aromatic nitrogens is 2. The van der Waals surface area contributed by atoms with Crippen molar-refractivity contribution >= 4 is 17.5 Å². The quantitative estimate of drug-likeness (QED) is 0.794. The topological polar surface area (TPSA) is 76.5 Å². The minimum absolute atomic E-state index is 0.132. The Morgan fingerprint density at radius 3 is 2.82 bits per heavy atom. The van der Waals surface area contributed by atoms with Crippen LogP contribution in [-0.4, -0.2) is 47.0 Å². The van der Waals surface area contributed by atoms with Gasteiger partial charge in [0.15, 0.2) is 11.5 Å². The molecule has 0 atom stereocenters. The summed E-state index contributed by atoms with van der Waals surface area (Å²) in [5.41, 5.74) is 1.75. The lowest BCUT2D eigenvalue weighted by molar-refractivity contribution is 0.0775. The van der Waals surface area contributed by atoms with E-state index in [0.717, 1.165) is 37.8 Å². The van der Waals surface area contributed by atoms with Crippen molar-refractivity contribution in [1.82, 2.24) is 14.5 Å². The smallest absolute Gasteiger partial charge is 0.289 e. The summed E-state index contributed by atoms with van der Waals surface area (Å²) >= 11 is 0.